The summed E-state index contributed by atoms with van der Waals surface area (Å²) in [4.78, 5) is 11.6. The van der Waals surface area contributed by atoms with Gasteiger partial charge in [-0.1, -0.05) is 114 Å². The topological polar surface area (TPSA) is 54.0 Å². The molecule has 0 unspecified atom stereocenters. The van der Waals surface area contributed by atoms with E-state index in [0.29, 0.717) is 6.61 Å². The van der Waals surface area contributed by atoms with E-state index in [1.165, 1.54) is 17.5 Å². The molecule has 1 aliphatic heterocycles. The Labute approximate surface area is 237 Å². The van der Waals surface area contributed by atoms with E-state index >= 15 is 0 Å². The molecule has 214 valence electrons. The molecule has 0 saturated carbocycles. The summed E-state index contributed by atoms with van der Waals surface area (Å²) in [5, 5.41) is 2.47. The van der Waals surface area contributed by atoms with Gasteiger partial charge in [-0.05, 0) is 29.3 Å². The molecule has 2 aromatic rings. The van der Waals surface area contributed by atoms with Crippen molar-refractivity contribution in [2.45, 2.75) is 84.8 Å². The van der Waals surface area contributed by atoms with Crippen LogP contribution < -0.4 is 10.4 Å². The fourth-order valence-corrected chi connectivity index (χ4v) is 10.7. The molecule has 3 rings (SSSR count). The Balaban J connectivity index is 1.88. The Morgan fingerprint density at radius 2 is 1.49 bits per heavy atom. The second-order valence-electron chi connectivity index (χ2n) is 12.4. The van der Waals surface area contributed by atoms with Gasteiger partial charge in [0.05, 0.1) is 25.7 Å². The molecule has 0 aromatic heterocycles. The zero-order valence-electron chi connectivity index (χ0n) is 25.3. The van der Waals surface area contributed by atoms with Crippen molar-refractivity contribution < 1.29 is 23.4 Å². The van der Waals surface area contributed by atoms with Crippen LogP contribution >= 0.6 is 0 Å². The predicted molar refractivity (Wildman–Crippen MR) is 161 cm³/mol. The number of benzene rings is 2. The van der Waals surface area contributed by atoms with Gasteiger partial charge < -0.3 is 18.6 Å². The molecule has 5 nitrogen and oxygen atoms in total. The van der Waals surface area contributed by atoms with E-state index in [0.717, 1.165) is 0 Å². The highest BCUT2D eigenvalue weighted by Gasteiger charge is 2.51. The summed E-state index contributed by atoms with van der Waals surface area (Å²) in [5.74, 6) is -0.586. The Hall–Kier alpha value is -2.25. The monoisotopic (exact) mass is 552 g/mol. The van der Waals surface area contributed by atoms with Crippen LogP contribution in [-0.4, -0.2) is 46.0 Å². The summed E-state index contributed by atoms with van der Waals surface area (Å²) in [6, 6.07) is 21.5. The smallest absolute Gasteiger partial charge is 0.309 e. The highest BCUT2D eigenvalue weighted by molar-refractivity contribution is 6.99. The van der Waals surface area contributed by atoms with Gasteiger partial charge in [-0.15, -0.1) is 0 Å². The van der Waals surface area contributed by atoms with Crippen LogP contribution in [0.4, 0.5) is 0 Å². The number of hydrogen-bond acceptors (Lipinski definition) is 5. The van der Waals surface area contributed by atoms with Gasteiger partial charge in [0.1, 0.15) is 0 Å². The summed E-state index contributed by atoms with van der Waals surface area (Å²) in [6.45, 7) is 18.0. The van der Waals surface area contributed by atoms with Crippen LogP contribution in [0.3, 0.4) is 0 Å². The van der Waals surface area contributed by atoms with Crippen molar-refractivity contribution in [3.8, 4) is 0 Å². The molecule has 1 aliphatic rings. The van der Waals surface area contributed by atoms with Crippen LogP contribution in [0.5, 0.6) is 0 Å². The molecule has 1 fully saturated rings. The average molecular weight is 553 g/mol. The van der Waals surface area contributed by atoms with Crippen LogP contribution in [0, 0.1) is 17.8 Å². The maximum atomic E-state index is 11.6. The standard InChI is InChI=1S/C33H48O5Si/c1-24(17-16-22-29(34)35-9)30-26(3)31(38-33(7,8)37-30)25(2)23-36-39(32(4,5)6,27-18-12-10-13-19-27)28-20-14-11-15-21-28/h10-21,24-26,30-31H,22-23H2,1-9H3/b17-16+/t24-,25-,26+,30-,31+/m0/s1. The van der Waals surface area contributed by atoms with Gasteiger partial charge in [0.15, 0.2) is 5.79 Å². The van der Waals surface area contributed by atoms with E-state index in [-0.39, 0.29) is 47.4 Å². The molecule has 39 heavy (non-hydrogen) atoms. The SMILES string of the molecule is COC(=O)C/C=C/[C@H](C)[C@@H]1OC(C)(C)O[C@H]([C@@H](C)CO[Si](c2ccccc2)(c2ccccc2)C(C)(C)C)[C@@H]1C. The lowest BCUT2D eigenvalue weighted by molar-refractivity contribution is -0.332. The van der Waals surface area contributed by atoms with E-state index in [1.54, 1.807) is 0 Å². The van der Waals surface area contributed by atoms with Crippen LogP contribution in [0.25, 0.3) is 0 Å². The second kappa shape index (κ2) is 12.9. The number of esters is 1. The van der Waals surface area contributed by atoms with E-state index in [1.807, 2.05) is 19.9 Å². The molecular formula is C33H48O5Si. The van der Waals surface area contributed by atoms with Gasteiger partial charge >= 0.3 is 5.97 Å². The Morgan fingerprint density at radius 1 is 0.974 bits per heavy atom. The minimum absolute atomic E-state index is 0.0478. The van der Waals surface area contributed by atoms with Gasteiger partial charge in [-0.2, -0.15) is 0 Å². The maximum absolute atomic E-state index is 11.6. The van der Waals surface area contributed by atoms with Crippen molar-refractivity contribution in [3.05, 3.63) is 72.8 Å². The zero-order chi connectivity index (χ0) is 28.8. The normalized spacial score (nSPS) is 23.4. The molecule has 0 radical (unpaired) electrons. The number of rotatable bonds is 10. The highest BCUT2D eigenvalue weighted by Crippen LogP contribution is 2.40. The van der Waals surface area contributed by atoms with Crippen molar-refractivity contribution in [1.29, 1.82) is 0 Å². The fraction of sp³-hybridized carbons (Fsp3) is 0.545. The molecule has 1 heterocycles. The molecule has 5 atom stereocenters. The van der Waals surface area contributed by atoms with E-state index in [2.05, 4.69) is 108 Å². The lowest BCUT2D eigenvalue weighted by Gasteiger charge is -2.49. The first kappa shape index (κ1) is 31.3. The fourth-order valence-electron chi connectivity index (χ4n) is 5.99. The van der Waals surface area contributed by atoms with Crippen molar-refractivity contribution in [1.82, 2.24) is 0 Å². The summed E-state index contributed by atoms with van der Waals surface area (Å²) in [7, 11) is -1.24. The van der Waals surface area contributed by atoms with Crippen LogP contribution in [0.15, 0.2) is 72.8 Å². The minimum atomic E-state index is -2.65. The Kier molecular flexibility index (Phi) is 10.4. The van der Waals surface area contributed by atoms with E-state index in [4.69, 9.17) is 18.6 Å². The van der Waals surface area contributed by atoms with Gasteiger partial charge in [0, 0.05) is 24.4 Å². The molecular weight excluding hydrogens is 504 g/mol. The van der Waals surface area contributed by atoms with Crippen LogP contribution in [-0.2, 0) is 23.4 Å². The number of carbonyl (C=O) groups is 1. The second-order valence-corrected chi connectivity index (χ2v) is 16.7. The maximum Gasteiger partial charge on any atom is 0.309 e. The van der Waals surface area contributed by atoms with Crippen molar-refractivity contribution in [2.24, 2.45) is 17.8 Å². The molecule has 6 heteroatoms. The molecule has 1 saturated heterocycles. The summed E-state index contributed by atoms with van der Waals surface area (Å²) < 4.78 is 25.0. The quantitative estimate of drug-likeness (QED) is 0.202. The molecule has 0 spiro atoms. The highest BCUT2D eigenvalue weighted by atomic mass is 28.4. The van der Waals surface area contributed by atoms with Crippen LogP contribution in [0.2, 0.25) is 5.04 Å². The predicted octanol–water partition coefficient (Wildman–Crippen LogP) is 6.11. The Morgan fingerprint density at radius 3 is 1.97 bits per heavy atom. The third-order valence-electron chi connectivity index (χ3n) is 7.89. The van der Waals surface area contributed by atoms with Gasteiger partial charge in [0.2, 0.25) is 0 Å². The van der Waals surface area contributed by atoms with Crippen molar-refractivity contribution in [2.75, 3.05) is 13.7 Å². The first-order chi connectivity index (χ1) is 18.3. The van der Waals surface area contributed by atoms with Gasteiger partial charge in [-0.3, -0.25) is 4.79 Å². The summed E-state index contributed by atoms with van der Waals surface area (Å²) >= 11 is 0. The molecule has 0 N–H and O–H groups in total. The van der Waals surface area contributed by atoms with Gasteiger partial charge in [-0.25, -0.2) is 0 Å². The summed E-state index contributed by atoms with van der Waals surface area (Å²) in [6.07, 6.45) is 4.09. The molecule has 0 bridgehead atoms. The number of hydrogen-bond donors (Lipinski definition) is 0. The zero-order valence-corrected chi connectivity index (χ0v) is 26.3. The largest absolute Gasteiger partial charge is 0.469 e. The third-order valence-corrected chi connectivity index (χ3v) is 12.9. The number of methoxy groups -OCH3 is 1. The molecule has 0 amide bonds. The number of carbonyl (C=O) groups excluding carboxylic acids is 1. The average Bonchev–Trinajstić information content (AvgIpc) is 2.90. The Bertz CT molecular complexity index is 1040. The van der Waals surface area contributed by atoms with Crippen molar-refractivity contribution >= 4 is 24.7 Å². The molecule has 0 aliphatic carbocycles. The van der Waals surface area contributed by atoms with Gasteiger partial charge in [0.25, 0.3) is 8.32 Å². The van der Waals surface area contributed by atoms with Crippen LogP contribution in [0.1, 0.15) is 61.8 Å². The first-order valence-electron chi connectivity index (χ1n) is 14.2. The van der Waals surface area contributed by atoms with E-state index in [9.17, 15) is 4.79 Å². The minimum Gasteiger partial charge on any atom is -0.469 e. The molecule has 2 aromatic carbocycles. The first-order valence-corrected chi connectivity index (χ1v) is 16.1. The third kappa shape index (κ3) is 7.29. The van der Waals surface area contributed by atoms with Crippen molar-refractivity contribution in [3.63, 3.8) is 0 Å². The van der Waals surface area contributed by atoms with E-state index < -0.39 is 14.1 Å². The lowest BCUT2D eigenvalue weighted by Crippen LogP contribution is -2.67. The summed E-state index contributed by atoms with van der Waals surface area (Å²) in [5.41, 5.74) is 0. The number of ether oxygens (including phenoxy) is 3. The lowest BCUT2D eigenvalue weighted by atomic mass is 9.82.